The zero-order valence-corrected chi connectivity index (χ0v) is 13.4. The van der Waals surface area contributed by atoms with Crippen molar-refractivity contribution in [2.45, 2.75) is 37.1 Å². The molecule has 2 aromatic rings. The van der Waals surface area contributed by atoms with E-state index in [4.69, 9.17) is 10.5 Å². The fourth-order valence-corrected chi connectivity index (χ4v) is 2.90. The third-order valence-corrected chi connectivity index (χ3v) is 4.68. The van der Waals surface area contributed by atoms with Crippen LogP contribution in [-0.4, -0.2) is 39.8 Å². The minimum Gasteiger partial charge on any atom is -0.381 e. The molecule has 2 heterocycles. The van der Waals surface area contributed by atoms with Gasteiger partial charge in [0.15, 0.2) is 5.82 Å². The Morgan fingerprint density at radius 2 is 2.12 bits per heavy atom. The van der Waals surface area contributed by atoms with Gasteiger partial charge in [-0.1, -0.05) is 12.1 Å². The normalized spacial score (nSPS) is 19.9. The largest absolute Gasteiger partial charge is 0.381 e. The van der Waals surface area contributed by atoms with Gasteiger partial charge in [-0.25, -0.2) is 4.98 Å². The van der Waals surface area contributed by atoms with Gasteiger partial charge >= 0.3 is 0 Å². The van der Waals surface area contributed by atoms with Crippen molar-refractivity contribution in [1.82, 2.24) is 15.2 Å². The summed E-state index contributed by atoms with van der Waals surface area (Å²) in [5, 5.41) is 10.2. The van der Waals surface area contributed by atoms with Crippen LogP contribution in [0.25, 0.3) is 11.4 Å². The van der Waals surface area contributed by atoms with Gasteiger partial charge < -0.3 is 15.8 Å². The van der Waals surface area contributed by atoms with Crippen molar-refractivity contribution in [1.29, 1.82) is 0 Å². The third kappa shape index (κ3) is 3.05. The van der Waals surface area contributed by atoms with Crippen molar-refractivity contribution >= 4 is 11.6 Å². The minimum atomic E-state index is -0.863. The van der Waals surface area contributed by atoms with Gasteiger partial charge in [0.2, 0.25) is 5.91 Å². The van der Waals surface area contributed by atoms with E-state index in [2.05, 4.69) is 20.5 Å². The van der Waals surface area contributed by atoms with Gasteiger partial charge in [-0.05, 0) is 37.8 Å². The second-order valence-electron chi connectivity index (χ2n) is 6.62. The van der Waals surface area contributed by atoms with Crippen LogP contribution >= 0.6 is 0 Å². The fraction of sp³-hybridized carbons (Fsp3) is 0.471. The van der Waals surface area contributed by atoms with E-state index < -0.39 is 5.54 Å². The van der Waals surface area contributed by atoms with Crippen LogP contribution < -0.4 is 11.1 Å². The number of aromatic amines is 1. The summed E-state index contributed by atoms with van der Waals surface area (Å²) in [7, 11) is 0. The second kappa shape index (κ2) is 5.99. The van der Waals surface area contributed by atoms with Gasteiger partial charge in [0.05, 0.1) is 0 Å². The highest BCUT2D eigenvalue weighted by atomic mass is 16.5. The summed E-state index contributed by atoms with van der Waals surface area (Å²) in [5.74, 6) is 1.96. The molecule has 126 valence electrons. The molecule has 1 aromatic heterocycles. The number of anilines is 1. The van der Waals surface area contributed by atoms with E-state index in [-0.39, 0.29) is 5.91 Å². The third-order valence-electron chi connectivity index (χ3n) is 4.68. The summed E-state index contributed by atoms with van der Waals surface area (Å²) in [5.41, 5.74) is 6.93. The Bertz CT molecular complexity index is 747. The van der Waals surface area contributed by atoms with Crippen LogP contribution in [0.3, 0.4) is 0 Å². The standard InChI is InChI=1S/C17H21N5O2/c18-17(6-8-24-9-7-17)16(23)19-13-3-1-2-12(10-13)15-20-14(21-22-15)11-4-5-11/h1-3,10-11H,4-9,18H2,(H,19,23)(H,20,21,22). The number of nitrogens with two attached hydrogens (primary N) is 1. The molecule has 0 spiro atoms. The molecule has 1 aliphatic heterocycles. The number of benzene rings is 1. The molecular formula is C17H21N5O2. The van der Waals surface area contributed by atoms with Gasteiger partial charge in [0.25, 0.3) is 0 Å². The first kappa shape index (κ1) is 15.3. The smallest absolute Gasteiger partial charge is 0.244 e. The van der Waals surface area contributed by atoms with Crippen molar-refractivity contribution in [3.05, 3.63) is 30.1 Å². The second-order valence-corrected chi connectivity index (χ2v) is 6.62. The maximum absolute atomic E-state index is 12.5. The van der Waals surface area contributed by atoms with Crippen LogP contribution in [-0.2, 0) is 9.53 Å². The molecule has 1 saturated heterocycles. The maximum atomic E-state index is 12.5. The molecule has 7 heteroatoms. The predicted octanol–water partition coefficient (Wildman–Crippen LogP) is 1.80. The van der Waals surface area contributed by atoms with Crippen molar-refractivity contribution in [2.24, 2.45) is 5.73 Å². The molecule has 2 fully saturated rings. The Hall–Kier alpha value is -2.25. The molecule has 24 heavy (non-hydrogen) atoms. The lowest BCUT2D eigenvalue weighted by molar-refractivity contribution is -0.124. The monoisotopic (exact) mass is 327 g/mol. The van der Waals surface area contributed by atoms with Gasteiger partial charge in [0, 0.05) is 30.4 Å². The first-order valence-electron chi connectivity index (χ1n) is 8.35. The summed E-state index contributed by atoms with van der Waals surface area (Å²) in [6.45, 7) is 1.04. The summed E-state index contributed by atoms with van der Waals surface area (Å²) in [6, 6.07) is 7.53. The number of hydrogen-bond acceptors (Lipinski definition) is 5. The average Bonchev–Trinajstić information content (AvgIpc) is 3.33. The average molecular weight is 327 g/mol. The number of ether oxygens (including phenoxy) is 1. The highest BCUT2D eigenvalue weighted by Gasteiger charge is 2.36. The quantitative estimate of drug-likeness (QED) is 0.794. The summed E-state index contributed by atoms with van der Waals surface area (Å²) in [4.78, 5) is 17.1. The Balaban J connectivity index is 1.50. The van der Waals surface area contributed by atoms with Crippen molar-refractivity contribution in [3.63, 3.8) is 0 Å². The van der Waals surface area contributed by atoms with E-state index >= 15 is 0 Å². The molecule has 7 nitrogen and oxygen atoms in total. The van der Waals surface area contributed by atoms with E-state index in [1.165, 1.54) is 12.8 Å². The van der Waals surface area contributed by atoms with Crippen LogP contribution in [0.4, 0.5) is 5.69 Å². The highest BCUT2D eigenvalue weighted by molar-refractivity contribution is 5.98. The molecule has 0 radical (unpaired) electrons. The van der Waals surface area contributed by atoms with Gasteiger partial charge in [0.1, 0.15) is 11.4 Å². The lowest BCUT2D eigenvalue weighted by atomic mass is 9.90. The Morgan fingerprint density at radius 1 is 1.33 bits per heavy atom. The van der Waals surface area contributed by atoms with Crippen molar-refractivity contribution < 1.29 is 9.53 Å². The number of H-pyrrole nitrogens is 1. The number of aromatic nitrogens is 3. The van der Waals surface area contributed by atoms with E-state index in [0.717, 1.165) is 11.4 Å². The lowest BCUT2D eigenvalue weighted by Gasteiger charge is -2.31. The predicted molar refractivity (Wildman–Crippen MR) is 89.4 cm³/mol. The van der Waals surface area contributed by atoms with Gasteiger partial charge in [-0.3, -0.25) is 9.89 Å². The molecule has 1 amide bonds. The number of nitrogens with one attached hydrogen (secondary N) is 2. The molecule has 1 aromatic carbocycles. The number of hydrogen-bond donors (Lipinski definition) is 3. The van der Waals surface area contributed by atoms with Crippen LogP contribution in [0.15, 0.2) is 24.3 Å². The van der Waals surface area contributed by atoms with Crippen molar-refractivity contribution in [3.8, 4) is 11.4 Å². The van der Waals surface area contributed by atoms with Crippen LogP contribution in [0.1, 0.15) is 37.4 Å². The Kier molecular flexibility index (Phi) is 3.82. The molecule has 0 unspecified atom stereocenters. The van der Waals surface area contributed by atoms with Gasteiger partial charge in [-0.2, -0.15) is 5.10 Å². The van der Waals surface area contributed by atoms with Crippen LogP contribution in [0, 0.1) is 0 Å². The summed E-state index contributed by atoms with van der Waals surface area (Å²) in [6.07, 6.45) is 3.41. The van der Waals surface area contributed by atoms with Crippen molar-refractivity contribution in [2.75, 3.05) is 18.5 Å². The van der Waals surface area contributed by atoms with E-state index in [1.54, 1.807) is 0 Å². The SMILES string of the molecule is NC1(C(=O)Nc2cccc(-c3n[nH]c(C4CC4)n3)c2)CCOCC1. The first-order chi connectivity index (χ1) is 11.6. The molecule has 1 saturated carbocycles. The minimum absolute atomic E-state index is 0.170. The van der Waals surface area contributed by atoms with E-state index in [0.29, 0.717) is 43.5 Å². The lowest BCUT2D eigenvalue weighted by Crippen LogP contribution is -2.54. The molecule has 2 aliphatic rings. The molecule has 4 rings (SSSR count). The number of carbonyl (C=O) groups excluding carboxylic acids is 1. The number of nitrogens with zero attached hydrogens (tertiary/aromatic N) is 2. The molecule has 0 bridgehead atoms. The fourth-order valence-electron chi connectivity index (χ4n) is 2.90. The zero-order valence-electron chi connectivity index (χ0n) is 13.4. The summed E-state index contributed by atoms with van der Waals surface area (Å²) >= 11 is 0. The van der Waals surface area contributed by atoms with E-state index in [1.807, 2.05) is 24.3 Å². The molecule has 4 N–H and O–H groups in total. The van der Waals surface area contributed by atoms with E-state index in [9.17, 15) is 4.79 Å². The van der Waals surface area contributed by atoms with Crippen LogP contribution in [0.2, 0.25) is 0 Å². The molecule has 0 atom stereocenters. The first-order valence-corrected chi connectivity index (χ1v) is 8.35. The zero-order chi connectivity index (χ0) is 16.6. The topological polar surface area (TPSA) is 106 Å². The Morgan fingerprint density at radius 3 is 2.88 bits per heavy atom. The highest BCUT2D eigenvalue weighted by Crippen LogP contribution is 2.38. The Labute approximate surface area is 140 Å². The maximum Gasteiger partial charge on any atom is 0.244 e. The summed E-state index contributed by atoms with van der Waals surface area (Å²) < 4.78 is 5.29. The molecule has 1 aliphatic carbocycles. The van der Waals surface area contributed by atoms with Crippen LogP contribution in [0.5, 0.6) is 0 Å². The number of carbonyl (C=O) groups is 1. The number of rotatable bonds is 4. The number of amides is 1. The molecular weight excluding hydrogens is 306 g/mol. The van der Waals surface area contributed by atoms with Gasteiger partial charge in [-0.15, -0.1) is 0 Å².